The van der Waals surface area contributed by atoms with E-state index in [4.69, 9.17) is 9.63 Å². The van der Waals surface area contributed by atoms with Gasteiger partial charge in [0.05, 0.1) is 0 Å². The Hall–Kier alpha value is -2.30. The van der Waals surface area contributed by atoms with Crippen LogP contribution in [0.25, 0.3) is 11.3 Å². The third-order valence-corrected chi connectivity index (χ3v) is 3.00. The van der Waals surface area contributed by atoms with E-state index in [0.717, 1.165) is 24.3 Å². The SMILES string of the molecule is CCN(CC)c1ccccc1-c1cc(C(=O)O)no1. The summed E-state index contributed by atoms with van der Waals surface area (Å²) in [4.78, 5) is 13.0. The van der Waals surface area contributed by atoms with Gasteiger partial charge in [-0.15, -0.1) is 0 Å². The zero-order chi connectivity index (χ0) is 13.8. The minimum Gasteiger partial charge on any atom is -0.476 e. The second kappa shape index (κ2) is 5.56. The van der Waals surface area contributed by atoms with Gasteiger partial charge >= 0.3 is 5.97 Å². The van der Waals surface area contributed by atoms with Gasteiger partial charge in [0.25, 0.3) is 0 Å². The number of carboxylic acid groups (broad SMARTS) is 1. The van der Waals surface area contributed by atoms with Gasteiger partial charge in [-0.3, -0.25) is 0 Å². The van der Waals surface area contributed by atoms with E-state index in [1.807, 2.05) is 24.3 Å². The number of benzene rings is 1. The number of carbonyl (C=O) groups is 1. The van der Waals surface area contributed by atoms with Crippen molar-refractivity contribution in [2.24, 2.45) is 0 Å². The molecule has 100 valence electrons. The molecule has 0 spiro atoms. The van der Waals surface area contributed by atoms with Gasteiger partial charge in [-0.05, 0) is 26.0 Å². The molecule has 0 aliphatic heterocycles. The number of hydrogen-bond donors (Lipinski definition) is 1. The van der Waals surface area contributed by atoms with Crippen LogP contribution in [0.4, 0.5) is 5.69 Å². The summed E-state index contributed by atoms with van der Waals surface area (Å²) >= 11 is 0. The predicted octanol–water partition coefficient (Wildman–Crippen LogP) is 2.89. The van der Waals surface area contributed by atoms with Crippen molar-refractivity contribution in [3.63, 3.8) is 0 Å². The van der Waals surface area contributed by atoms with Crippen molar-refractivity contribution in [2.45, 2.75) is 13.8 Å². The topological polar surface area (TPSA) is 66.6 Å². The van der Waals surface area contributed by atoms with Gasteiger partial charge in [-0.1, -0.05) is 17.3 Å². The summed E-state index contributed by atoms with van der Waals surface area (Å²) in [5.74, 6) is -0.616. The van der Waals surface area contributed by atoms with Crippen LogP contribution < -0.4 is 4.90 Å². The predicted molar refractivity (Wildman–Crippen MR) is 72.5 cm³/mol. The fourth-order valence-electron chi connectivity index (χ4n) is 2.02. The minimum absolute atomic E-state index is 0.0793. The Labute approximate surface area is 111 Å². The number of aromatic carboxylic acids is 1. The molecule has 2 aromatic rings. The number of rotatable bonds is 5. The van der Waals surface area contributed by atoms with Gasteiger partial charge in [0.2, 0.25) is 0 Å². The van der Waals surface area contributed by atoms with E-state index < -0.39 is 5.97 Å². The molecule has 1 N–H and O–H groups in total. The summed E-state index contributed by atoms with van der Waals surface area (Å²) in [6.45, 7) is 5.88. The van der Waals surface area contributed by atoms with Gasteiger partial charge in [-0.2, -0.15) is 0 Å². The van der Waals surface area contributed by atoms with Crippen LogP contribution in [0.1, 0.15) is 24.3 Å². The van der Waals surface area contributed by atoms with Crippen LogP contribution in [0, 0.1) is 0 Å². The van der Waals surface area contributed by atoms with Crippen LogP contribution in [0.3, 0.4) is 0 Å². The number of nitrogens with zero attached hydrogens (tertiary/aromatic N) is 2. The van der Waals surface area contributed by atoms with Gasteiger partial charge in [-0.25, -0.2) is 4.79 Å². The van der Waals surface area contributed by atoms with E-state index in [9.17, 15) is 4.79 Å². The van der Waals surface area contributed by atoms with Crippen LogP contribution in [0.15, 0.2) is 34.9 Å². The highest BCUT2D eigenvalue weighted by molar-refractivity contribution is 5.87. The average Bonchev–Trinajstić information content (AvgIpc) is 2.90. The fourth-order valence-corrected chi connectivity index (χ4v) is 2.02. The maximum atomic E-state index is 10.8. The zero-order valence-electron chi connectivity index (χ0n) is 11.0. The molecule has 19 heavy (non-hydrogen) atoms. The Bertz CT molecular complexity index is 574. The molecule has 0 unspecified atom stereocenters. The molecular weight excluding hydrogens is 244 g/mol. The molecule has 1 heterocycles. The van der Waals surface area contributed by atoms with Crippen molar-refractivity contribution < 1.29 is 14.4 Å². The van der Waals surface area contributed by atoms with E-state index in [0.29, 0.717) is 5.76 Å². The summed E-state index contributed by atoms with van der Waals surface area (Å²) in [6.07, 6.45) is 0. The van der Waals surface area contributed by atoms with Crippen LogP contribution in [0.5, 0.6) is 0 Å². The molecule has 2 rings (SSSR count). The Kier molecular flexibility index (Phi) is 3.85. The zero-order valence-corrected chi connectivity index (χ0v) is 11.0. The maximum absolute atomic E-state index is 10.8. The Morgan fingerprint density at radius 1 is 1.32 bits per heavy atom. The number of hydrogen-bond acceptors (Lipinski definition) is 4. The van der Waals surface area contributed by atoms with Gasteiger partial charge in [0, 0.05) is 30.4 Å². The Morgan fingerprint density at radius 2 is 2.00 bits per heavy atom. The molecule has 0 saturated carbocycles. The molecule has 0 saturated heterocycles. The van der Waals surface area contributed by atoms with Crippen LogP contribution in [0.2, 0.25) is 0 Å². The molecule has 0 amide bonds. The highest BCUT2D eigenvalue weighted by Gasteiger charge is 2.16. The molecule has 5 nitrogen and oxygen atoms in total. The van der Waals surface area contributed by atoms with Crippen molar-refractivity contribution in [3.8, 4) is 11.3 Å². The van der Waals surface area contributed by atoms with Crippen LogP contribution in [-0.4, -0.2) is 29.3 Å². The summed E-state index contributed by atoms with van der Waals surface area (Å²) in [5, 5.41) is 12.4. The van der Waals surface area contributed by atoms with Gasteiger partial charge in [0.1, 0.15) is 0 Å². The monoisotopic (exact) mass is 260 g/mol. The molecule has 0 fully saturated rings. The number of anilines is 1. The lowest BCUT2D eigenvalue weighted by molar-refractivity contribution is 0.0686. The summed E-state index contributed by atoms with van der Waals surface area (Å²) in [5.41, 5.74) is 1.79. The molecular formula is C14H16N2O3. The largest absolute Gasteiger partial charge is 0.476 e. The fraction of sp³-hybridized carbons (Fsp3) is 0.286. The van der Waals surface area contributed by atoms with E-state index >= 15 is 0 Å². The first kappa shape index (κ1) is 13.1. The van der Waals surface area contributed by atoms with E-state index in [-0.39, 0.29) is 5.69 Å². The standard InChI is InChI=1S/C14H16N2O3/c1-3-16(4-2)12-8-6-5-7-10(12)13-9-11(14(17)18)15-19-13/h5-9H,3-4H2,1-2H3,(H,17,18). The lowest BCUT2D eigenvalue weighted by atomic mass is 10.1. The lowest BCUT2D eigenvalue weighted by Crippen LogP contribution is -2.22. The van der Waals surface area contributed by atoms with E-state index in [1.54, 1.807) is 0 Å². The summed E-state index contributed by atoms with van der Waals surface area (Å²) in [7, 11) is 0. The Morgan fingerprint density at radius 3 is 2.58 bits per heavy atom. The van der Waals surface area contributed by atoms with Gasteiger partial charge in [0.15, 0.2) is 11.5 Å². The highest BCUT2D eigenvalue weighted by Crippen LogP contribution is 2.31. The first-order valence-electron chi connectivity index (χ1n) is 6.21. The smallest absolute Gasteiger partial charge is 0.358 e. The lowest BCUT2D eigenvalue weighted by Gasteiger charge is -2.23. The highest BCUT2D eigenvalue weighted by atomic mass is 16.5. The molecule has 0 atom stereocenters. The molecule has 1 aromatic heterocycles. The third kappa shape index (κ3) is 2.59. The number of aromatic nitrogens is 1. The first-order chi connectivity index (χ1) is 9.17. The molecule has 0 aliphatic carbocycles. The van der Waals surface area contributed by atoms with Crippen molar-refractivity contribution in [3.05, 3.63) is 36.0 Å². The van der Waals surface area contributed by atoms with Gasteiger partial charge < -0.3 is 14.5 Å². The van der Waals surface area contributed by atoms with E-state index in [1.165, 1.54) is 6.07 Å². The van der Waals surface area contributed by atoms with Crippen molar-refractivity contribution >= 4 is 11.7 Å². The van der Waals surface area contributed by atoms with Crippen molar-refractivity contribution in [1.29, 1.82) is 0 Å². The van der Waals surface area contributed by atoms with Crippen molar-refractivity contribution in [2.75, 3.05) is 18.0 Å². The molecule has 5 heteroatoms. The maximum Gasteiger partial charge on any atom is 0.358 e. The molecule has 0 aliphatic rings. The molecule has 0 bridgehead atoms. The normalized spacial score (nSPS) is 10.4. The quantitative estimate of drug-likeness (QED) is 0.895. The van der Waals surface area contributed by atoms with Crippen LogP contribution in [-0.2, 0) is 0 Å². The second-order valence-electron chi connectivity index (χ2n) is 4.07. The second-order valence-corrected chi connectivity index (χ2v) is 4.07. The number of carboxylic acids is 1. The van der Waals surface area contributed by atoms with E-state index in [2.05, 4.69) is 23.9 Å². The van der Waals surface area contributed by atoms with Crippen molar-refractivity contribution in [1.82, 2.24) is 5.16 Å². The van der Waals surface area contributed by atoms with Crippen LogP contribution >= 0.6 is 0 Å². The summed E-state index contributed by atoms with van der Waals surface area (Å²) < 4.78 is 5.13. The first-order valence-corrected chi connectivity index (χ1v) is 6.21. The Balaban J connectivity index is 2.46. The average molecular weight is 260 g/mol. The molecule has 1 aromatic carbocycles. The summed E-state index contributed by atoms with van der Waals surface area (Å²) in [6, 6.07) is 9.19. The molecule has 0 radical (unpaired) electrons. The third-order valence-electron chi connectivity index (χ3n) is 3.00. The number of para-hydroxylation sites is 1. The minimum atomic E-state index is -1.09.